The van der Waals surface area contributed by atoms with Gasteiger partial charge in [0.15, 0.2) is 5.17 Å². The lowest BCUT2D eigenvalue weighted by atomic mass is 10.2. The first-order chi connectivity index (χ1) is 18.6. The van der Waals surface area contributed by atoms with E-state index in [0.717, 1.165) is 11.1 Å². The van der Waals surface area contributed by atoms with E-state index >= 15 is 0 Å². The lowest BCUT2D eigenvalue weighted by Crippen LogP contribution is -2.28. The maximum atomic E-state index is 13.4. The zero-order chi connectivity index (χ0) is 26.3. The minimum atomic E-state index is -0.197. The molecule has 2 heterocycles. The number of ether oxygens (including phenoxy) is 1. The minimum Gasteiger partial charge on any atom is -0.489 e. The molecule has 0 radical (unpaired) electrons. The van der Waals surface area contributed by atoms with Gasteiger partial charge in [-0.1, -0.05) is 77.8 Å². The summed E-state index contributed by atoms with van der Waals surface area (Å²) in [5, 5.41) is 9.72. The van der Waals surface area contributed by atoms with Gasteiger partial charge in [0.1, 0.15) is 18.1 Å². The number of halogens is 2. The van der Waals surface area contributed by atoms with Crippen molar-refractivity contribution in [1.82, 2.24) is 4.90 Å². The molecule has 1 fully saturated rings. The number of hydrogen-bond donors (Lipinski definition) is 0. The molecule has 0 unspecified atom stereocenters. The van der Waals surface area contributed by atoms with Crippen molar-refractivity contribution in [2.45, 2.75) is 13.2 Å². The fourth-order valence-electron chi connectivity index (χ4n) is 3.63. The van der Waals surface area contributed by atoms with E-state index in [0.29, 0.717) is 43.8 Å². The second-order valence-corrected chi connectivity index (χ2v) is 9.99. The van der Waals surface area contributed by atoms with E-state index in [1.165, 1.54) is 22.9 Å². The van der Waals surface area contributed by atoms with E-state index in [9.17, 15) is 4.79 Å². The van der Waals surface area contributed by atoms with Gasteiger partial charge in [-0.25, -0.2) is 0 Å². The molecule has 0 bridgehead atoms. The average Bonchev–Trinajstić information content (AvgIpc) is 3.55. The number of nitrogens with zero attached hydrogens (tertiary/aromatic N) is 3. The molecule has 38 heavy (non-hydrogen) atoms. The third kappa shape index (κ3) is 6.37. The molecule has 1 aromatic heterocycles. The second kappa shape index (κ2) is 12.2. The van der Waals surface area contributed by atoms with E-state index in [4.69, 9.17) is 32.4 Å². The summed E-state index contributed by atoms with van der Waals surface area (Å²) in [4.78, 5) is 15.4. The highest BCUT2D eigenvalue weighted by Crippen LogP contribution is 2.34. The summed E-state index contributed by atoms with van der Waals surface area (Å²) in [7, 11) is 0. The van der Waals surface area contributed by atoms with Crippen LogP contribution >= 0.6 is 35.0 Å². The number of amides is 1. The van der Waals surface area contributed by atoms with Crippen LogP contribution in [0.3, 0.4) is 0 Å². The molecular formula is C29H21Cl2N3O3S. The molecule has 6 nitrogen and oxygen atoms in total. The summed E-state index contributed by atoms with van der Waals surface area (Å²) in [5.74, 6) is 1.14. The van der Waals surface area contributed by atoms with Crippen molar-refractivity contribution >= 4 is 58.3 Å². The third-order valence-electron chi connectivity index (χ3n) is 5.51. The van der Waals surface area contributed by atoms with Gasteiger partial charge in [-0.3, -0.25) is 9.69 Å². The summed E-state index contributed by atoms with van der Waals surface area (Å²) in [5.41, 5.74) is 2.53. The number of hydrogen-bond acceptors (Lipinski definition) is 6. The van der Waals surface area contributed by atoms with Crippen LogP contribution in [0.2, 0.25) is 10.0 Å². The topological polar surface area (TPSA) is 67.4 Å². The Bertz CT molecular complexity index is 1520. The van der Waals surface area contributed by atoms with Crippen molar-refractivity contribution in [2.75, 3.05) is 0 Å². The maximum Gasteiger partial charge on any atom is 0.267 e. The Morgan fingerprint density at radius 3 is 2.63 bits per heavy atom. The van der Waals surface area contributed by atoms with E-state index in [1.54, 1.807) is 36.6 Å². The van der Waals surface area contributed by atoms with Gasteiger partial charge in [-0.05, 0) is 59.3 Å². The Morgan fingerprint density at radius 1 is 0.974 bits per heavy atom. The predicted octanol–water partition coefficient (Wildman–Crippen LogP) is 7.67. The largest absolute Gasteiger partial charge is 0.489 e. The molecule has 1 amide bonds. The standard InChI is InChI=1S/C29H21Cl2N3O3S/c30-25-13-5-10-22(27(25)31)17-32-33-29-34(18-24-12-6-14-36-24)28(35)26(38-29)16-21-9-4-11-23(15-21)37-19-20-7-2-1-3-8-20/h1-17H,18-19H2/b26-16-,32-17-,33-29+. The van der Waals surface area contributed by atoms with E-state index in [1.807, 2.05) is 60.7 Å². The highest BCUT2D eigenvalue weighted by Gasteiger charge is 2.34. The van der Waals surface area contributed by atoms with Gasteiger partial charge in [0.2, 0.25) is 0 Å². The molecule has 190 valence electrons. The fourth-order valence-corrected chi connectivity index (χ4v) is 4.92. The van der Waals surface area contributed by atoms with Crippen LogP contribution in [0.25, 0.3) is 6.08 Å². The van der Waals surface area contributed by atoms with Crippen LogP contribution in [0.5, 0.6) is 5.75 Å². The Labute approximate surface area is 234 Å². The molecule has 5 rings (SSSR count). The van der Waals surface area contributed by atoms with Crippen molar-refractivity contribution in [1.29, 1.82) is 0 Å². The Hall–Kier alpha value is -3.78. The summed E-state index contributed by atoms with van der Waals surface area (Å²) in [6.45, 7) is 0.680. The first-order valence-corrected chi connectivity index (χ1v) is 13.2. The van der Waals surface area contributed by atoms with E-state index < -0.39 is 0 Å². The Morgan fingerprint density at radius 2 is 1.82 bits per heavy atom. The predicted molar refractivity (Wildman–Crippen MR) is 154 cm³/mol. The summed E-state index contributed by atoms with van der Waals surface area (Å²) in [6, 6.07) is 26.4. The van der Waals surface area contributed by atoms with Gasteiger partial charge in [-0.15, -0.1) is 5.10 Å². The molecule has 0 N–H and O–H groups in total. The lowest BCUT2D eigenvalue weighted by Gasteiger charge is -2.12. The quantitative estimate of drug-likeness (QED) is 0.126. The number of carbonyl (C=O) groups is 1. The van der Waals surface area contributed by atoms with Gasteiger partial charge in [0, 0.05) is 5.56 Å². The molecule has 4 aromatic rings. The summed E-state index contributed by atoms with van der Waals surface area (Å²) >= 11 is 13.6. The van der Waals surface area contributed by atoms with Crippen LogP contribution in [0, 0.1) is 0 Å². The SMILES string of the molecule is O=C1/C(=C/c2cccc(OCc3ccccc3)c2)S/C(=N/N=C\c2cccc(Cl)c2Cl)N1Cc1ccco1. The van der Waals surface area contributed by atoms with Crippen LogP contribution in [-0.4, -0.2) is 22.2 Å². The molecule has 0 spiro atoms. The maximum absolute atomic E-state index is 13.4. The van der Waals surface area contributed by atoms with Crippen molar-refractivity contribution in [3.05, 3.63) is 129 Å². The number of rotatable bonds is 8. The minimum absolute atomic E-state index is 0.197. The van der Waals surface area contributed by atoms with Crippen LogP contribution < -0.4 is 4.74 Å². The summed E-state index contributed by atoms with van der Waals surface area (Å²) < 4.78 is 11.4. The highest BCUT2D eigenvalue weighted by atomic mass is 35.5. The van der Waals surface area contributed by atoms with E-state index in [2.05, 4.69) is 10.2 Å². The number of carbonyl (C=O) groups excluding carboxylic acids is 1. The van der Waals surface area contributed by atoms with Gasteiger partial charge in [-0.2, -0.15) is 5.10 Å². The van der Waals surface area contributed by atoms with Crippen molar-refractivity contribution in [3.63, 3.8) is 0 Å². The molecule has 0 atom stereocenters. The van der Waals surface area contributed by atoms with Gasteiger partial charge in [0.25, 0.3) is 5.91 Å². The number of thioether (sulfide) groups is 1. The van der Waals surface area contributed by atoms with Crippen LogP contribution in [0.1, 0.15) is 22.5 Å². The van der Waals surface area contributed by atoms with Crippen LogP contribution in [0.4, 0.5) is 0 Å². The molecule has 1 aliphatic heterocycles. The molecule has 1 saturated heterocycles. The third-order valence-corrected chi connectivity index (χ3v) is 7.34. The summed E-state index contributed by atoms with van der Waals surface area (Å²) in [6.07, 6.45) is 4.89. The molecule has 9 heteroatoms. The highest BCUT2D eigenvalue weighted by molar-refractivity contribution is 8.18. The van der Waals surface area contributed by atoms with Crippen LogP contribution in [-0.2, 0) is 17.9 Å². The fraction of sp³-hybridized carbons (Fsp3) is 0.0690. The van der Waals surface area contributed by atoms with Gasteiger partial charge >= 0.3 is 0 Å². The molecule has 0 aliphatic carbocycles. The number of amidine groups is 1. The Kier molecular flexibility index (Phi) is 8.28. The van der Waals surface area contributed by atoms with E-state index in [-0.39, 0.29) is 12.5 Å². The first-order valence-electron chi connectivity index (χ1n) is 11.6. The normalized spacial score (nSPS) is 15.7. The molecule has 1 aliphatic rings. The molecular weight excluding hydrogens is 541 g/mol. The van der Waals surface area contributed by atoms with Crippen molar-refractivity contribution in [2.24, 2.45) is 10.2 Å². The zero-order valence-electron chi connectivity index (χ0n) is 20.0. The van der Waals surface area contributed by atoms with Crippen LogP contribution in [0.15, 0.2) is 111 Å². The molecule has 3 aromatic carbocycles. The number of furan rings is 1. The lowest BCUT2D eigenvalue weighted by molar-refractivity contribution is -0.122. The average molecular weight is 562 g/mol. The zero-order valence-corrected chi connectivity index (χ0v) is 22.3. The van der Waals surface area contributed by atoms with Gasteiger partial charge < -0.3 is 9.15 Å². The first kappa shape index (κ1) is 25.9. The second-order valence-electron chi connectivity index (χ2n) is 8.20. The van der Waals surface area contributed by atoms with Crippen molar-refractivity contribution < 1.29 is 13.9 Å². The number of benzene rings is 3. The monoisotopic (exact) mass is 561 g/mol. The van der Waals surface area contributed by atoms with Crippen molar-refractivity contribution in [3.8, 4) is 5.75 Å². The smallest absolute Gasteiger partial charge is 0.267 e. The van der Waals surface area contributed by atoms with Gasteiger partial charge in [0.05, 0.1) is 34.0 Å². The molecule has 0 saturated carbocycles. The Balaban J connectivity index is 1.37.